The normalized spacial score (nSPS) is 13.9. The molecule has 2 aromatic heterocycles. The molecule has 10 nitrogen and oxygen atoms in total. The molecule has 0 aliphatic carbocycles. The van der Waals surface area contributed by atoms with Gasteiger partial charge in [0.05, 0.1) is 18.3 Å². The number of carbonyl (C=O) groups is 2. The van der Waals surface area contributed by atoms with Crippen molar-refractivity contribution in [2.45, 2.75) is 26.2 Å². The van der Waals surface area contributed by atoms with Gasteiger partial charge in [0, 0.05) is 49.6 Å². The molecule has 10 heteroatoms. The standard InChI is InChI=1S/C31H35N5O5/c1-21-12-13-33-28(30(32)37)29(21)36-20-22(26-19-25(41-31(38)39)10-11-27(26)36)5-3-4-14-34-15-17-35(18-16-34)23-6-8-24(40-2)9-7-23/h6-13,19-20H,3-5,14-18H2,1-2H3,(H2,32,37)(H,38,39). The number of fused-ring (bicyclic) bond motifs is 1. The third-order valence-corrected chi connectivity index (χ3v) is 7.64. The highest BCUT2D eigenvalue weighted by Gasteiger charge is 2.20. The smallest absolute Gasteiger partial charge is 0.497 e. The van der Waals surface area contributed by atoms with Crippen molar-refractivity contribution in [1.82, 2.24) is 14.5 Å². The Bertz CT molecular complexity index is 1540. The van der Waals surface area contributed by atoms with Crippen molar-refractivity contribution in [3.05, 3.63) is 77.7 Å². The van der Waals surface area contributed by atoms with Crippen LogP contribution in [0.2, 0.25) is 0 Å². The number of pyridine rings is 1. The number of rotatable bonds is 10. The number of hydrogen-bond donors (Lipinski definition) is 2. The van der Waals surface area contributed by atoms with Crippen LogP contribution in [0.3, 0.4) is 0 Å². The van der Waals surface area contributed by atoms with Crippen molar-refractivity contribution >= 4 is 28.7 Å². The van der Waals surface area contributed by atoms with Gasteiger partial charge in [0.1, 0.15) is 11.5 Å². The van der Waals surface area contributed by atoms with Crippen LogP contribution >= 0.6 is 0 Å². The SMILES string of the molecule is COc1ccc(N2CCN(CCCCc3cn(-c4c(C)ccnc4C(N)=O)c4ccc(OC(=O)O)cc34)CC2)cc1. The minimum atomic E-state index is -1.36. The molecule has 0 spiro atoms. The summed E-state index contributed by atoms with van der Waals surface area (Å²) in [6.45, 7) is 6.91. The maximum absolute atomic E-state index is 12.2. The highest BCUT2D eigenvalue weighted by molar-refractivity contribution is 5.97. The lowest BCUT2D eigenvalue weighted by Crippen LogP contribution is -2.46. The van der Waals surface area contributed by atoms with Gasteiger partial charge >= 0.3 is 6.16 Å². The quantitative estimate of drug-likeness (QED) is 0.164. The Kier molecular flexibility index (Phi) is 8.39. The molecular weight excluding hydrogens is 522 g/mol. The van der Waals surface area contributed by atoms with Gasteiger partial charge in [-0.1, -0.05) is 0 Å². The number of hydrogen-bond acceptors (Lipinski definition) is 7. The van der Waals surface area contributed by atoms with Crippen LogP contribution in [0.5, 0.6) is 11.5 Å². The molecule has 214 valence electrons. The fraction of sp³-hybridized carbons (Fsp3) is 0.323. The van der Waals surface area contributed by atoms with Gasteiger partial charge in [-0.3, -0.25) is 9.69 Å². The lowest BCUT2D eigenvalue weighted by Gasteiger charge is -2.36. The van der Waals surface area contributed by atoms with Gasteiger partial charge in [-0.15, -0.1) is 0 Å². The van der Waals surface area contributed by atoms with E-state index in [1.54, 1.807) is 31.5 Å². The van der Waals surface area contributed by atoms with Gasteiger partial charge in [0.15, 0.2) is 5.69 Å². The lowest BCUT2D eigenvalue weighted by molar-refractivity contribution is 0.0995. The third kappa shape index (κ3) is 6.28. The van der Waals surface area contributed by atoms with Gasteiger partial charge in [-0.05, 0) is 92.4 Å². The van der Waals surface area contributed by atoms with Gasteiger partial charge in [-0.2, -0.15) is 0 Å². The maximum Gasteiger partial charge on any atom is 0.511 e. The van der Waals surface area contributed by atoms with E-state index < -0.39 is 12.1 Å². The van der Waals surface area contributed by atoms with Gasteiger partial charge in [0.25, 0.3) is 5.91 Å². The van der Waals surface area contributed by atoms with E-state index in [2.05, 4.69) is 26.9 Å². The van der Waals surface area contributed by atoms with Crippen LogP contribution in [0.15, 0.2) is 60.9 Å². The molecule has 5 rings (SSSR count). The summed E-state index contributed by atoms with van der Waals surface area (Å²) in [6.07, 6.45) is 4.98. The van der Waals surface area contributed by atoms with E-state index in [0.29, 0.717) is 5.69 Å². The number of amides is 1. The molecule has 0 bridgehead atoms. The van der Waals surface area contributed by atoms with Gasteiger partial charge in [0.2, 0.25) is 0 Å². The molecule has 3 N–H and O–H groups in total. The first-order chi connectivity index (χ1) is 19.8. The van der Waals surface area contributed by atoms with Crippen molar-refractivity contribution < 1.29 is 24.2 Å². The van der Waals surface area contributed by atoms with Crippen LogP contribution < -0.4 is 20.1 Å². The molecule has 1 aliphatic heterocycles. The zero-order valence-corrected chi connectivity index (χ0v) is 23.4. The summed E-state index contributed by atoms with van der Waals surface area (Å²) < 4.78 is 12.1. The first-order valence-electron chi connectivity index (χ1n) is 13.8. The maximum atomic E-state index is 12.2. The minimum absolute atomic E-state index is 0.188. The van der Waals surface area contributed by atoms with Crippen LogP contribution in [-0.4, -0.2) is 71.5 Å². The van der Waals surface area contributed by atoms with Gasteiger partial charge < -0.3 is 29.8 Å². The van der Waals surface area contributed by atoms with Crippen molar-refractivity contribution in [3.8, 4) is 17.2 Å². The second kappa shape index (κ2) is 12.3. The van der Waals surface area contributed by atoms with E-state index in [9.17, 15) is 9.59 Å². The molecule has 0 atom stereocenters. The summed E-state index contributed by atoms with van der Waals surface area (Å²) in [6, 6.07) is 15.2. The van der Waals surface area contributed by atoms with Crippen LogP contribution in [-0.2, 0) is 6.42 Å². The predicted molar refractivity (Wildman–Crippen MR) is 158 cm³/mol. The molecule has 1 amide bonds. The predicted octanol–water partition coefficient (Wildman–Crippen LogP) is 4.64. The topological polar surface area (TPSA) is 123 Å². The summed E-state index contributed by atoms with van der Waals surface area (Å²) in [5, 5.41) is 10.00. The number of piperazine rings is 1. The second-order valence-electron chi connectivity index (χ2n) is 10.2. The van der Waals surface area contributed by atoms with E-state index in [0.717, 1.165) is 79.8 Å². The van der Waals surface area contributed by atoms with Crippen molar-refractivity contribution in [1.29, 1.82) is 0 Å². The van der Waals surface area contributed by atoms with Crippen molar-refractivity contribution in [3.63, 3.8) is 0 Å². The molecule has 41 heavy (non-hydrogen) atoms. The largest absolute Gasteiger partial charge is 0.511 e. The molecule has 0 unspecified atom stereocenters. The minimum Gasteiger partial charge on any atom is -0.497 e. The number of unbranched alkanes of at least 4 members (excludes halogenated alkanes) is 1. The number of methoxy groups -OCH3 is 1. The highest BCUT2D eigenvalue weighted by atomic mass is 16.7. The summed E-state index contributed by atoms with van der Waals surface area (Å²) in [5.41, 5.74) is 10.4. The summed E-state index contributed by atoms with van der Waals surface area (Å²) in [7, 11) is 1.68. The Hall–Kier alpha value is -4.57. The monoisotopic (exact) mass is 557 g/mol. The average Bonchev–Trinajstić information content (AvgIpc) is 3.32. The Morgan fingerprint density at radius 2 is 1.73 bits per heavy atom. The first kappa shape index (κ1) is 28.0. The number of primary amides is 1. The number of benzene rings is 2. The summed E-state index contributed by atoms with van der Waals surface area (Å²) >= 11 is 0. The first-order valence-corrected chi connectivity index (χ1v) is 13.8. The molecule has 0 saturated carbocycles. The lowest BCUT2D eigenvalue weighted by atomic mass is 10.1. The number of nitrogens with zero attached hydrogens (tertiary/aromatic N) is 4. The van der Waals surface area contributed by atoms with Gasteiger partial charge in [-0.25, -0.2) is 9.78 Å². The average molecular weight is 558 g/mol. The van der Waals surface area contributed by atoms with E-state index >= 15 is 0 Å². The van der Waals surface area contributed by atoms with E-state index in [1.807, 2.05) is 35.9 Å². The number of carbonyl (C=O) groups excluding carboxylic acids is 1. The third-order valence-electron chi connectivity index (χ3n) is 7.64. The van der Waals surface area contributed by atoms with E-state index in [1.165, 1.54) is 5.69 Å². The van der Waals surface area contributed by atoms with Crippen LogP contribution in [0.4, 0.5) is 10.5 Å². The zero-order valence-electron chi connectivity index (χ0n) is 23.4. The molecule has 1 fully saturated rings. The molecule has 1 saturated heterocycles. The van der Waals surface area contributed by atoms with Crippen LogP contribution in [0.1, 0.15) is 34.5 Å². The van der Waals surface area contributed by atoms with E-state index in [4.69, 9.17) is 20.3 Å². The summed E-state index contributed by atoms with van der Waals surface area (Å²) in [4.78, 5) is 32.5. The van der Waals surface area contributed by atoms with Crippen LogP contribution in [0.25, 0.3) is 16.6 Å². The number of nitrogens with two attached hydrogens (primary N) is 1. The molecule has 1 aliphatic rings. The Labute approximate surface area is 238 Å². The number of aromatic nitrogens is 2. The number of anilines is 1. The van der Waals surface area contributed by atoms with Crippen molar-refractivity contribution in [2.24, 2.45) is 5.73 Å². The second-order valence-corrected chi connectivity index (χ2v) is 10.2. The number of carboxylic acid groups (broad SMARTS) is 1. The molecule has 0 radical (unpaired) electrons. The fourth-order valence-electron chi connectivity index (χ4n) is 5.53. The number of aryl methyl sites for hydroxylation is 2. The summed E-state index contributed by atoms with van der Waals surface area (Å²) in [5.74, 6) is 0.506. The Balaban J connectivity index is 1.27. The fourth-order valence-corrected chi connectivity index (χ4v) is 5.53. The molecule has 4 aromatic rings. The molecule has 3 heterocycles. The number of ether oxygens (including phenoxy) is 2. The van der Waals surface area contributed by atoms with Crippen molar-refractivity contribution in [2.75, 3.05) is 44.7 Å². The molecular formula is C31H35N5O5. The van der Waals surface area contributed by atoms with E-state index in [-0.39, 0.29) is 11.4 Å². The Morgan fingerprint density at radius 1 is 1.00 bits per heavy atom. The van der Waals surface area contributed by atoms with Crippen LogP contribution in [0, 0.1) is 6.92 Å². The highest BCUT2D eigenvalue weighted by Crippen LogP contribution is 2.32. The zero-order chi connectivity index (χ0) is 28.9. The molecule has 2 aromatic carbocycles. The Morgan fingerprint density at radius 3 is 2.41 bits per heavy atom.